The van der Waals surface area contributed by atoms with E-state index in [0.29, 0.717) is 25.3 Å². The largest absolute Gasteiger partial charge is 0.494 e. The number of nitrogens with zero attached hydrogens (tertiary/aromatic N) is 3. The molecular formula is C24H28N4O3. The van der Waals surface area contributed by atoms with E-state index in [2.05, 4.69) is 22.0 Å². The van der Waals surface area contributed by atoms with Crippen molar-refractivity contribution in [2.45, 2.75) is 20.4 Å². The molecule has 1 aliphatic heterocycles. The number of carbonyl (C=O) groups excluding carboxylic acids is 1. The first-order valence-corrected chi connectivity index (χ1v) is 10.7. The molecule has 0 bridgehead atoms. The number of piperazine rings is 1. The van der Waals surface area contributed by atoms with Crippen LogP contribution in [0, 0.1) is 6.92 Å². The van der Waals surface area contributed by atoms with Crippen LogP contribution >= 0.6 is 0 Å². The predicted molar refractivity (Wildman–Crippen MR) is 120 cm³/mol. The molecule has 1 aliphatic rings. The first kappa shape index (κ1) is 20.9. The highest BCUT2D eigenvalue weighted by Gasteiger charge is 2.22. The second-order valence-electron chi connectivity index (χ2n) is 7.76. The number of hydrogen-bond donors (Lipinski definition) is 1. The molecule has 0 saturated carbocycles. The second-order valence-corrected chi connectivity index (χ2v) is 7.76. The number of rotatable bonds is 6. The second kappa shape index (κ2) is 9.22. The summed E-state index contributed by atoms with van der Waals surface area (Å²) in [5.74, 6) is 0.926. The maximum absolute atomic E-state index is 12.9. The van der Waals surface area contributed by atoms with Gasteiger partial charge in [-0.05, 0) is 55.8 Å². The lowest BCUT2D eigenvalue weighted by Crippen LogP contribution is -2.48. The molecule has 2 heterocycles. The Bertz CT molecular complexity index is 1080. The summed E-state index contributed by atoms with van der Waals surface area (Å²) in [6.07, 6.45) is 1.67. The smallest absolute Gasteiger partial charge is 0.330 e. The van der Waals surface area contributed by atoms with Crippen molar-refractivity contribution < 1.29 is 9.53 Å². The number of amides is 1. The Balaban J connectivity index is 1.33. The zero-order valence-corrected chi connectivity index (χ0v) is 18.0. The van der Waals surface area contributed by atoms with Gasteiger partial charge < -0.3 is 14.6 Å². The molecule has 1 aromatic heterocycles. The molecule has 3 aromatic rings. The molecule has 162 valence electrons. The first-order valence-electron chi connectivity index (χ1n) is 10.7. The molecule has 0 radical (unpaired) electrons. The van der Waals surface area contributed by atoms with Gasteiger partial charge in [0.2, 0.25) is 0 Å². The third kappa shape index (κ3) is 4.72. The van der Waals surface area contributed by atoms with E-state index in [1.165, 1.54) is 5.56 Å². The van der Waals surface area contributed by atoms with Gasteiger partial charge >= 0.3 is 5.69 Å². The van der Waals surface area contributed by atoms with E-state index in [9.17, 15) is 9.59 Å². The molecule has 0 spiro atoms. The van der Waals surface area contributed by atoms with Gasteiger partial charge in [-0.1, -0.05) is 12.1 Å². The average molecular weight is 421 g/mol. The number of hydrogen-bond acceptors (Lipinski definition) is 4. The minimum absolute atomic E-state index is 0.0328. The van der Waals surface area contributed by atoms with E-state index >= 15 is 0 Å². The number of aromatic nitrogens is 2. The number of aromatic amines is 1. The summed E-state index contributed by atoms with van der Waals surface area (Å²) in [6, 6.07) is 15.4. The van der Waals surface area contributed by atoms with Crippen LogP contribution in [0.2, 0.25) is 0 Å². The highest BCUT2D eigenvalue weighted by atomic mass is 16.5. The van der Waals surface area contributed by atoms with Crippen LogP contribution in [0.3, 0.4) is 0 Å². The standard InChI is InChI=1S/C24H28N4O3/c1-3-31-22-10-4-19(5-11-22)17-26-12-14-27(15-13-26)23(29)20-6-8-21(9-7-20)28-18(2)16-25-24(28)30/h4-11,16H,3,12-15,17H2,1-2H3,(H,25,30). The SMILES string of the molecule is CCOc1ccc(CN2CCN(C(=O)c3ccc(-n4c(C)c[nH]c4=O)cc3)CC2)cc1. The van der Waals surface area contributed by atoms with Crippen LogP contribution in [-0.4, -0.2) is 58.0 Å². The van der Waals surface area contributed by atoms with Crippen molar-refractivity contribution in [2.75, 3.05) is 32.8 Å². The zero-order valence-electron chi connectivity index (χ0n) is 18.0. The van der Waals surface area contributed by atoms with Gasteiger partial charge in [0, 0.05) is 50.2 Å². The van der Waals surface area contributed by atoms with Gasteiger partial charge in [-0.15, -0.1) is 0 Å². The zero-order chi connectivity index (χ0) is 21.8. The number of H-pyrrole nitrogens is 1. The number of imidazole rings is 1. The Morgan fingerprint density at radius 2 is 1.68 bits per heavy atom. The maximum atomic E-state index is 12.9. The molecule has 1 saturated heterocycles. The summed E-state index contributed by atoms with van der Waals surface area (Å²) in [6.45, 7) is 8.47. The third-order valence-corrected chi connectivity index (χ3v) is 5.63. The van der Waals surface area contributed by atoms with Crippen molar-refractivity contribution in [3.05, 3.63) is 82.0 Å². The Morgan fingerprint density at radius 3 is 2.26 bits per heavy atom. The molecule has 0 atom stereocenters. The summed E-state index contributed by atoms with van der Waals surface area (Å²) in [4.78, 5) is 31.8. The number of ether oxygens (including phenoxy) is 1. The van der Waals surface area contributed by atoms with E-state index in [1.54, 1.807) is 22.9 Å². The summed E-state index contributed by atoms with van der Waals surface area (Å²) >= 11 is 0. The number of aryl methyl sites for hydroxylation is 1. The number of carbonyl (C=O) groups is 1. The molecular weight excluding hydrogens is 392 g/mol. The average Bonchev–Trinajstić information content (AvgIpc) is 3.13. The fraction of sp³-hybridized carbons (Fsp3) is 0.333. The summed E-state index contributed by atoms with van der Waals surface area (Å²) < 4.78 is 7.09. The van der Waals surface area contributed by atoms with Gasteiger partial charge in [-0.2, -0.15) is 0 Å². The molecule has 0 aliphatic carbocycles. The van der Waals surface area contributed by atoms with Crippen molar-refractivity contribution in [1.82, 2.24) is 19.4 Å². The molecule has 0 unspecified atom stereocenters. The van der Waals surface area contributed by atoms with Gasteiger partial charge in [0.1, 0.15) is 5.75 Å². The maximum Gasteiger partial charge on any atom is 0.330 e. The normalized spacial score (nSPS) is 14.6. The van der Waals surface area contributed by atoms with Gasteiger partial charge in [0.05, 0.1) is 12.3 Å². The van der Waals surface area contributed by atoms with Gasteiger partial charge in [0.15, 0.2) is 0 Å². The highest BCUT2D eigenvalue weighted by Crippen LogP contribution is 2.16. The Kier molecular flexibility index (Phi) is 6.23. The minimum atomic E-state index is -0.180. The van der Waals surface area contributed by atoms with Crippen LogP contribution < -0.4 is 10.4 Å². The van der Waals surface area contributed by atoms with E-state index in [1.807, 2.05) is 43.0 Å². The third-order valence-electron chi connectivity index (χ3n) is 5.63. The topological polar surface area (TPSA) is 70.6 Å². The van der Waals surface area contributed by atoms with Crippen LogP contribution in [-0.2, 0) is 6.54 Å². The van der Waals surface area contributed by atoms with Crippen molar-refractivity contribution >= 4 is 5.91 Å². The Morgan fingerprint density at radius 1 is 1.00 bits per heavy atom. The quantitative estimate of drug-likeness (QED) is 0.666. The van der Waals surface area contributed by atoms with Gasteiger partial charge in [-0.25, -0.2) is 4.79 Å². The van der Waals surface area contributed by atoms with Gasteiger partial charge in [0.25, 0.3) is 5.91 Å². The summed E-state index contributed by atoms with van der Waals surface area (Å²) in [5, 5.41) is 0. The lowest BCUT2D eigenvalue weighted by Gasteiger charge is -2.34. The van der Waals surface area contributed by atoms with E-state index < -0.39 is 0 Å². The van der Waals surface area contributed by atoms with Crippen LogP contribution in [0.15, 0.2) is 59.5 Å². The van der Waals surface area contributed by atoms with E-state index in [0.717, 1.165) is 36.8 Å². The number of nitrogens with one attached hydrogen (secondary N) is 1. The monoisotopic (exact) mass is 420 g/mol. The first-order chi connectivity index (χ1) is 15.0. The van der Waals surface area contributed by atoms with Crippen LogP contribution in [0.4, 0.5) is 0 Å². The van der Waals surface area contributed by atoms with E-state index in [4.69, 9.17) is 4.74 Å². The van der Waals surface area contributed by atoms with Crippen LogP contribution in [0.25, 0.3) is 5.69 Å². The molecule has 1 N–H and O–H groups in total. The summed E-state index contributed by atoms with van der Waals surface area (Å²) in [7, 11) is 0. The molecule has 1 amide bonds. The molecule has 1 fully saturated rings. The minimum Gasteiger partial charge on any atom is -0.494 e. The lowest BCUT2D eigenvalue weighted by atomic mass is 10.1. The van der Waals surface area contributed by atoms with E-state index in [-0.39, 0.29) is 11.6 Å². The molecule has 31 heavy (non-hydrogen) atoms. The van der Waals surface area contributed by atoms with Crippen molar-refractivity contribution in [3.63, 3.8) is 0 Å². The van der Waals surface area contributed by atoms with Gasteiger partial charge in [-0.3, -0.25) is 14.3 Å². The molecule has 2 aromatic carbocycles. The van der Waals surface area contributed by atoms with Crippen molar-refractivity contribution in [1.29, 1.82) is 0 Å². The van der Waals surface area contributed by atoms with Crippen molar-refractivity contribution in [3.8, 4) is 11.4 Å². The summed E-state index contributed by atoms with van der Waals surface area (Å²) in [5.41, 5.74) is 3.28. The number of benzene rings is 2. The highest BCUT2D eigenvalue weighted by molar-refractivity contribution is 5.94. The molecule has 4 rings (SSSR count). The van der Waals surface area contributed by atoms with Crippen molar-refractivity contribution in [2.24, 2.45) is 0 Å². The molecule has 7 heteroatoms. The predicted octanol–water partition coefficient (Wildman–Crippen LogP) is 2.83. The fourth-order valence-electron chi connectivity index (χ4n) is 3.94. The fourth-order valence-corrected chi connectivity index (χ4v) is 3.94. The lowest BCUT2D eigenvalue weighted by molar-refractivity contribution is 0.0628. The van der Waals surface area contributed by atoms with Crippen LogP contribution in [0.5, 0.6) is 5.75 Å². The van der Waals surface area contributed by atoms with Crippen LogP contribution in [0.1, 0.15) is 28.5 Å². The molecule has 7 nitrogen and oxygen atoms in total. The Labute approximate surface area is 181 Å². The Hall–Kier alpha value is -3.32.